The van der Waals surface area contributed by atoms with E-state index >= 15 is 0 Å². The van der Waals surface area contributed by atoms with Crippen LogP contribution in [0.5, 0.6) is 0 Å². The zero-order chi connectivity index (χ0) is 17.2. The van der Waals surface area contributed by atoms with Gasteiger partial charge in [0.1, 0.15) is 6.33 Å². The maximum absolute atomic E-state index is 12.7. The summed E-state index contributed by atoms with van der Waals surface area (Å²) in [5, 5.41) is 17.2. The molecule has 1 saturated heterocycles. The Morgan fingerprint density at radius 1 is 1.27 bits per heavy atom. The van der Waals surface area contributed by atoms with Gasteiger partial charge in [-0.2, -0.15) is 10.2 Å². The Hall–Kier alpha value is -2.71. The van der Waals surface area contributed by atoms with E-state index < -0.39 is 0 Å². The largest absolute Gasteiger partial charge is 0.326 e. The summed E-state index contributed by atoms with van der Waals surface area (Å²) >= 11 is 0. The van der Waals surface area contributed by atoms with Gasteiger partial charge in [0.2, 0.25) is 5.91 Å². The normalized spacial score (nSPS) is 19.1. The molecule has 2 aromatic heterocycles. The number of amides is 1. The molecule has 8 nitrogen and oxygen atoms in total. The van der Waals surface area contributed by atoms with Crippen LogP contribution in [0.15, 0.2) is 43.0 Å². The van der Waals surface area contributed by atoms with Crippen molar-refractivity contribution in [2.45, 2.75) is 5.92 Å². The summed E-state index contributed by atoms with van der Waals surface area (Å²) in [7, 11) is 1.89. The van der Waals surface area contributed by atoms with Gasteiger partial charge >= 0.3 is 0 Å². The van der Waals surface area contributed by atoms with Crippen molar-refractivity contribution in [1.82, 2.24) is 30.3 Å². The quantitative estimate of drug-likeness (QED) is 0.644. The molecule has 9 heteroatoms. The van der Waals surface area contributed by atoms with Gasteiger partial charge in [-0.25, -0.2) is 4.98 Å². The lowest BCUT2D eigenvalue weighted by molar-refractivity contribution is -0.119. The fourth-order valence-corrected chi connectivity index (χ4v) is 3.23. The highest BCUT2D eigenvalue weighted by atomic mass is 35.5. The maximum atomic E-state index is 12.7. The highest BCUT2D eigenvalue weighted by Crippen LogP contribution is 2.29. The molecule has 1 aromatic carbocycles. The third kappa shape index (κ3) is 3.61. The van der Waals surface area contributed by atoms with E-state index in [9.17, 15) is 4.79 Å². The molecule has 1 fully saturated rings. The standard InChI is InChI=1S/C17H19N7O.ClH/c1-24-9-12(6-21-24)14-7-18-8-15(14)17(25)22-13-4-2-11(3-5-13)16-19-10-20-23-16;/h2-6,9-10,14-15,18H,7-8H2,1H3,(H,22,25)(H,19,20,23);1H/t14-,15+;/m1./s1. The number of anilines is 1. The van der Waals surface area contributed by atoms with E-state index in [0.717, 1.165) is 23.4 Å². The van der Waals surface area contributed by atoms with E-state index in [1.54, 1.807) is 4.68 Å². The minimum absolute atomic E-state index is 0. The molecule has 136 valence electrons. The van der Waals surface area contributed by atoms with Crippen LogP contribution in [-0.2, 0) is 11.8 Å². The molecule has 0 saturated carbocycles. The molecule has 0 aliphatic carbocycles. The van der Waals surface area contributed by atoms with Crippen LogP contribution < -0.4 is 10.6 Å². The number of nitrogens with zero attached hydrogens (tertiary/aromatic N) is 4. The fraction of sp³-hybridized carbons (Fsp3) is 0.294. The van der Waals surface area contributed by atoms with Crippen molar-refractivity contribution in [3.8, 4) is 11.4 Å². The molecule has 4 rings (SSSR count). The van der Waals surface area contributed by atoms with Crippen LogP contribution in [0.1, 0.15) is 11.5 Å². The predicted molar refractivity (Wildman–Crippen MR) is 100 cm³/mol. The predicted octanol–water partition coefficient (Wildman–Crippen LogP) is 1.57. The van der Waals surface area contributed by atoms with E-state index in [-0.39, 0.29) is 30.2 Å². The van der Waals surface area contributed by atoms with Gasteiger partial charge in [0.15, 0.2) is 5.82 Å². The number of carbonyl (C=O) groups is 1. The van der Waals surface area contributed by atoms with Gasteiger partial charge in [0, 0.05) is 43.5 Å². The molecule has 1 amide bonds. The van der Waals surface area contributed by atoms with E-state index in [1.807, 2.05) is 43.7 Å². The second-order valence-corrected chi connectivity index (χ2v) is 6.22. The van der Waals surface area contributed by atoms with Gasteiger partial charge in [-0.1, -0.05) is 0 Å². The molecule has 1 aliphatic rings. The summed E-state index contributed by atoms with van der Waals surface area (Å²) in [5.41, 5.74) is 2.78. The monoisotopic (exact) mass is 373 g/mol. The Balaban J connectivity index is 0.00000196. The highest BCUT2D eigenvalue weighted by molar-refractivity contribution is 5.93. The number of hydrogen-bond acceptors (Lipinski definition) is 5. The van der Waals surface area contributed by atoms with Gasteiger partial charge in [0.25, 0.3) is 0 Å². The zero-order valence-corrected chi connectivity index (χ0v) is 15.0. The average molecular weight is 374 g/mol. The molecule has 0 radical (unpaired) electrons. The van der Waals surface area contributed by atoms with E-state index in [1.165, 1.54) is 6.33 Å². The number of halogens is 1. The molecule has 3 heterocycles. The van der Waals surface area contributed by atoms with Crippen LogP contribution in [0.4, 0.5) is 5.69 Å². The third-order valence-corrected chi connectivity index (χ3v) is 4.54. The highest BCUT2D eigenvalue weighted by Gasteiger charge is 2.34. The number of aromatic nitrogens is 5. The second-order valence-electron chi connectivity index (χ2n) is 6.22. The summed E-state index contributed by atoms with van der Waals surface area (Å²) in [4.78, 5) is 16.8. The zero-order valence-electron chi connectivity index (χ0n) is 14.2. The Labute approximate surface area is 156 Å². The topological polar surface area (TPSA) is 101 Å². The Morgan fingerprint density at radius 2 is 2.08 bits per heavy atom. The first-order valence-corrected chi connectivity index (χ1v) is 8.16. The lowest BCUT2D eigenvalue weighted by Gasteiger charge is -2.17. The Kier molecular flexibility index (Phi) is 5.34. The van der Waals surface area contributed by atoms with E-state index in [2.05, 4.69) is 30.9 Å². The smallest absolute Gasteiger partial charge is 0.229 e. The number of benzene rings is 1. The molecule has 0 bridgehead atoms. The van der Waals surface area contributed by atoms with Crippen LogP contribution in [0.25, 0.3) is 11.4 Å². The lowest BCUT2D eigenvalue weighted by Crippen LogP contribution is -2.28. The molecule has 3 aromatic rings. The molecule has 3 N–H and O–H groups in total. The van der Waals surface area contributed by atoms with Crippen molar-refractivity contribution in [3.63, 3.8) is 0 Å². The molecule has 0 spiro atoms. The van der Waals surface area contributed by atoms with Crippen LogP contribution in [0.3, 0.4) is 0 Å². The van der Waals surface area contributed by atoms with E-state index in [0.29, 0.717) is 12.4 Å². The summed E-state index contributed by atoms with van der Waals surface area (Å²) in [6, 6.07) is 7.55. The first kappa shape index (κ1) is 18.1. The van der Waals surface area contributed by atoms with Crippen LogP contribution >= 0.6 is 12.4 Å². The van der Waals surface area contributed by atoms with Crippen molar-refractivity contribution in [2.24, 2.45) is 13.0 Å². The Bertz CT molecular complexity index is 860. The van der Waals surface area contributed by atoms with Gasteiger partial charge in [-0.15, -0.1) is 12.4 Å². The van der Waals surface area contributed by atoms with Gasteiger partial charge in [-0.05, 0) is 29.8 Å². The number of H-pyrrole nitrogens is 1. The number of carbonyl (C=O) groups excluding carboxylic acids is 1. The minimum Gasteiger partial charge on any atom is -0.326 e. The Morgan fingerprint density at radius 3 is 2.73 bits per heavy atom. The van der Waals surface area contributed by atoms with Crippen LogP contribution in [0.2, 0.25) is 0 Å². The van der Waals surface area contributed by atoms with Crippen molar-refractivity contribution in [2.75, 3.05) is 18.4 Å². The van der Waals surface area contributed by atoms with Crippen LogP contribution in [-0.4, -0.2) is 44.0 Å². The lowest BCUT2D eigenvalue weighted by atomic mass is 9.90. The molecular weight excluding hydrogens is 354 g/mol. The molecule has 2 atom stereocenters. The fourth-order valence-electron chi connectivity index (χ4n) is 3.23. The van der Waals surface area contributed by atoms with Gasteiger partial charge < -0.3 is 10.6 Å². The summed E-state index contributed by atoms with van der Waals surface area (Å²) < 4.78 is 1.77. The minimum atomic E-state index is -0.113. The maximum Gasteiger partial charge on any atom is 0.229 e. The molecule has 0 unspecified atom stereocenters. The number of rotatable bonds is 4. The second kappa shape index (κ2) is 7.67. The molecule has 26 heavy (non-hydrogen) atoms. The van der Waals surface area contributed by atoms with Crippen molar-refractivity contribution in [1.29, 1.82) is 0 Å². The number of aromatic amines is 1. The number of nitrogens with one attached hydrogen (secondary N) is 3. The summed E-state index contributed by atoms with van der Waals surface area (Å²) in [5.74, 6) is 0.751. The van der Waals surface area contributed by atoms with Crippen molar-refractivity contribution < 1.29 is 4.79 Å². The summed E-state index contributed by atoms with van der Waals surface area (Å²) in [6.07, 6.45) is 5.28. The van der Waals surface area contributed by atoms with E-state index in [4.69, 9.17) is 0 Å². The van der Waals surface area contributed by atoms with Crippen LogP contribution in [0, 0.1) is 5.92 Å². The molecule has 1 aliphatic heterocycles. The van der Waals surface area contributed by atoms with Gasteiger partial charge in [0.05, 0.1) is 12.1 Å². The average Bonchev–Trinajstić information content (AvgIpc) is 3.36. The number of aryl methyl sites for hydroxylation is 1. The molecular formula is C17H20ClN7O. The first-order chi connectivity index (χ1) is 12.2. The van der Waals surface area contributed by atoms with Crippen molar-refractivity contribution >= 4 is 24.0 Å². The van der Waals surface area contributed by atoms with Gasteiger partial charge in [-0.3, -0.25) is 14.6 Å². The summed E-state index contributed by atoms with van der Waals surface area (Å²) in [6.45, 7) is 1.45. The SMILES string of the molecule is Cl.Cn1cc([C@H]2CNC[C@@H]2C(=O)Nc2ccc(-c3ncn[nH]3)cc2)cn1. The third-order valence-electron chi connectivity index (χ3n) is 4.54. The van der Waals surface area contributed by atoms with Crippen molar-refractivity contribution in [3.05, 3.63) is 48.5 Å². The first-order valence-electron chi connectivity index (χ1n) is 8.16. The number of hydrogen-bond donors (Lipinski definition) is 3.